The zero-order valence-corrected chi connectivity index (χ0v) is 17.5. The topological polar surface area (TPSA) is 95.1 Å². The van der Waals surface area contributed by atoms with Crippen LogP contribution in [0.15, 0.2) is 36.4 Å². The van der Waals surface area contributed by atoms with Crippen molar-refractivity contribution in [2.75, 3.05) is 21.0 Å². The van der Waals surface area contributed by atoms with E-state index in [-0.39, 0.29) is 24.5 Å². The largest absolute Gasteiger partial charge is 0.497 e. The number of rotatable bonds is 8. The van der Waals surface area contributed by atoms with Crippen molar-refractivity contribution >= 4 is 11.8 Å². The summed E-state index contributed by atoms with van der Waals surface area (Å²) in [7, 11) is 3.02. The van der Waals surface area contributed by atoms with Gasteiger partial charge in [0.15, 0.2) is 11.5 Å². The van der Waals surface area contributed by atoms with E-state index in [1.165, 1.54) is 14.2 Å². The van der Waals surface area contributed by atoms with Crippen LogP contribution in [-0.4, -0.2) is 38.9 Å². The van der Waals surface area contributed by atoms with Crippen molar-refractivity contribution in [3.63, 3.8) is 0 Å². The molecule has 3 rings (SSSR count). The van der Waals surface area contributed by atoms with E-state index in [1.54, 1.807) is 18.2 Å². The molecule has 30 heavy (non-hydrogen) atoms. The van der Waals surface area contributed by atoms with Gasteiger partial charge in [-0.25, -0.2) is 0 Å². The fourth-order valence-corrected chi connectivity index (χ4v) is 3.05. The summed E-state index contributed by atoms with van der Waals surface area (Å²) >= 11 is 0. The summed E-state index contributed by atoms with van der Waals surface area (Å²) in [5, 5.41) is 5.68. The number of ether oxygens (including phenoxy) is 4. The molecule has 1 atom stereocenters. The van der Waals surface area contributed by atoms with Crippen molar-refractivity contribution in [1.82, 2.24) is 10.6 Å². The maximum Gasteiger partial charge on any atom is 0.252 e. The molecule has 0 aromatic heterocycles. The highest BCUT2D eigenvalue weighted by Gasteiger charge is 2.25. The van der Waals surface area contributed by atoms with Crippen LogP contribution in [0, 0.1) is 5.92 Å². The van der Waals surface area contributed by atoms with Gasteiger partial charge in [-0.2, -0.15) is 0 Å². The minimum atomic E-state index is -0.705. The molecule has 8 nitrogen and oxygen atoms in total. The summed E-state index contributed by atoms with van der Waals surface area (Å²) in [6.45, 7) is 4.25. The number of hydrogen-bond donors (Lipinski definition) is 2. The van der Waals surface area contributed by atoms with Crippen molar-refractivity contribution in [3.05, 3.63) is 47.5 Å². The molecule has 0 fully saturated rings. The van der Waals surface area contributed by atoms with Gasteiger partial charge in [-0.1, -0.05) is 19.9 Å². The molecule has 1 aliphatic heterocycles. The molecule has 0 unspecified atom stereocenters. The third-order valence-corrected chi connectivity index (χ3v) is 4.75. The summed E-state index contributed by atoms with van der Waals surface area (Å²) in [6, 6.07) is 9.66. The van der Waals surface area contributed by atoms with Crippen LogP contribution in [0.25, 0.3) is 0 Å². The smallest absolute Gasteiger partial charge is 0.252 e. The van der Waals surface area contributed by atoms with Gasteiger partial charge in [0.05, 0.1) is 14.2 Å². The summed E-state index contributed by atoms with van der Waals surface area (Å²) < 4.78 is 21.1. The Hall–Kier alpha value is -3.42. The van der Waals surface area contributed by atoms with Crippen LogP contribution in [-0.2, 0) is 11.3 Å². The lowest BCUT2D eigenvalue weighted by Gasteiger charge is -2.22. The van der Waals surface area contributed by atoms with Crippen molar-refractivity contribution in [2.45, 2.75) is 26.4 Å². The van der Waals surface area contributed by atoms with Crippen LogP contribution < -0.4 is 29.6 Å². The van der Waals surface area contributed by atoms with Crippen LogP contribution in [0.1, 0.15) is 29.8 Å². The lowest BCUT2D eigenvalue weighted by molar-refractivity contribution is -0.124. The third-order valence-electron chi connectivity index (χ3n) is 4.75. The Kier molecular flexibility index (Phi) is 6.66. The van der Waals surface area contributed by atoms with Gasteiger partial charge in [-0.05, 0) is 35.7 Å². The second kappa shape index (κ2) is 9.39. The number of methoxy groups -OCH3 is 2. The van der Waals surface area contributed by atoms with Gasteiger partial charge in [0.1, 0.15) is 17.5 Å². The Morgan fingerprint density at radius 1 is 1.00 bits per heavy atom. The average Bonchev–Trinajstić information content (AvgIpc) is 3.22. The number of hydrogen-bond acceptors (Lipinski definition) is 6. The minimum Gasteiger partial charge on any atom is -0.497 e. The van der Waals surface area contributed by atoms with Crippen LogP contribution in [0.3, 0.4) is 0 Å². The normalized spacial score (nSPS) is 13.0. The first-order valence-corrected chi connectivity index (χ1v) is 9.61. The summed E-state index contributed by atoms with van der Waals surface area (Å²) in [5.41, 5.74) is 1.22. The summed E-state index contributed by atoms with van der Waals surface area (Å²) in [4.78, 5) is 25.5. The number of benzene rings is 2. The lowest BCUT2D eigenvalue weighted by Crippen LogP contribution is -2.49. The average molecular weight is 414 g/mol. The van der Waals surface area contributed by atoms with E-state index in [1.807, 2.05) is 32.0 Å². The predicted molar refractivity (Wildman–Crippen MR) is 110 cm³/mol. The Morgan fingerprint density at radius 2 is 1.67 bits per heavy atom. The fourth-order valence-electron chi connectivity index (χ4n) is 3.05. The molecule has 160 valence electrons. The molecule has 0 radical (unpaired) electrons. The maximum atomic E-state index is 12.8. The minimum absolute atomic E-state index is 0.113. The van der Waals surface area contributed by atoms with Gasteiger partial charge in [0.25, 0.3) is 5.91 Å². The monoisotopic (exact) mass is 414 g/mol. The third kappa shape index (κ3) is 4.94. The Morgan fingerprint density at radius 3 is 2.30 bits per heavy atom. The zero-order chi connectivity index (χ0) is 21.7. The summed E-state index contributed by atoms with van der Waals surface area (Å²) in [6.07, 6.45) is 0. The highest BCUT2D eigenvalue weighted by Crippen LogP contribution is 2.32. The second-order valence-electron chi connectivity index (χ2n) is 7.20. The van der Waals surface area contributed by atoms with Gasteiger partial charge >= 0.3 is 0 Å². The lowest BCUT2D eigenvalue weighted by atomic mass is 10.0. The number of carbonyl (C=O) groups is 2. The maximum absolute atomic E-state index is 12.8. The quantitative estimate of drug-likeness (QED) is 0.689. The van der Waals surface area contributed by atoms with Crippen molar-refractivity contribution in [2.24, 2.45) is 5.92 Å². The molecule has 8 heteroatoms. The second-order valence-corrected chi connectivity index (χ2v) is 7.20. The first-order chi connectivity index (χ1) is 14.4. The van der Waals surface area contributed by atoms with E-state index >= 15 is 0 Å². The molecule has 0 saturated carbocycles. The van der Waals surface area contributed by atoms with Gasteiger partial charge in [0.2, 0.25) is 12.7 Å². The van der Waals surface area contributed by atoms with Crippen LogP contribution in [0.2, 0.25) is 0 Å². The van der Waals surface area contributed by atoms with E-state index < -0.39 is 6.04 Å². The van der Waals surface area contributed by atoms with Crippen molar-refractivity contribution in [3.8, 4) is 23.0 Å². The fraction of sp³-hybridized carbons (Fsp3) is 0.364. The van der Waals surface area contributed by atoms with E-state index in [4.69, 9.17) is 18.9 Å². The Balaban J connectivity index is 1.66. The van der Waals surface area contributed by atoms with Crippen molar-refractivity contribution in [1.29, 1.82) is 0 Å². The molecular formula is C22H26N2O6. The molecule has 0 aliphatic carbocycles. The first kappa shape index (κ1) is 21.3. The molecule has 0 saturated heterocycles. The van der Waals surface area contributed by atoms with Crippen LogP contribution in [0.4, 0.5) is 0 Å². The molecular weight excluding hydrogens is 388 g/mol. The van der Waals surface area contributed by atoms with Gasteiger partial charge in [-0.15, -0.1) is 0 Å². The molecule has 0 spiro atoms. The Labute approximate surface area is 175 Å². The molecule has 1 aliphatic rings. The molecule has 0 bridgehead atoms. The molecule has 1 heterocycles. The predicted octanol–water partition coefficient (Wildman–Crippen LogP) is 2.50. The number of carbonyl (C=O) groups excluding carboxylic acids is 2. The summed E-state index contributed by atoms with van der Waals surface area (Å²) in [5.74, 6) is 1.56. The zero-order valence-electron chi connectivity index (χ0n) is 17.5. The van der Waals surface area contributed by atoms with Crippen LogP contribution >= 0.6 is 0 Å². The van der Waals surface area contributed by atoms with Gasteiger partial charge < -0.3 is 29.6 Å². The van der Waals surface area contributed by atoms with E-state index in [0.717, 1.165) is 5.56 Å². The number of fused-ring (bicyclic) bond motifs is 1. The van der Waals surface area contributed by atoms with E-state index in [0.29, 0.717) is 35.1 Å². The molecule has 2 N–H and O–H groups in total. The van der Waals surface area contributed by atoms with E-state index in [9.17, 15) is 9.59 Å². The van der Waals surface area contributed by atoms with Gasteiger partial charge in [0, 0.05) is 18.2 Å². The SMILES string of the molecule is COc1cc(OC)cc(C(=O)N[C@H](C(=O)NCc2ccc3c(c2)OCO3)C(C)C)c1. The molecule has 2 amide bonds. The molecule has 2 aromatic rings. The standard InChI is InChI=1S/C22H26N2O6/c1-13(2)20(24-21(25)15-8-16(27-3)10-17(9-15)28-4)22(26)23-11-14-5-6-18-19(7-14)30-12-29-18/h5-10,13,20H,11-12H2,1-4H3,(H,23,26)(H,24,25)/t20-/m0/s1. The van der Waals surface area contributed by atoms with Crippen LogP contribution in [0.5, 0.6) is 23.0 Å². The highest BCUT2D eigenvalue weighted by atomic mass is 16.7. The van der Waals surface area contributed by atoms with Crippen molar-refractivity contribution < 1.29 is 28.5 Å². The Bertz CT molecular complexity index is 906. The first-order valence-electron chi connectivity index (χ1n) is 9.61. The van der Waals surface area contributed by atoms with E-state index in [2.05, 4.69) is 10.6 Å². The number of amides is 2. The van der Waals surface area contributed by atoms with Gasteiger partial charge in [-0.3, -0.25) is 9.59 Å². The highest BCUT2D eigenvalue weighted by molar-refractivity contribution is 5.98. The number of nitrogens with one attached hydrogen (secondary N) is 2. The molecule has 2 aromatic carbocycles.